The Morgan fingerprint density at radius 2 is 1.63 bits per heavy atom. The molecule has 2 aromatic rings. The standard InChI is InChI=1S/C22H18Cl2O3/c1-11-5-6-13(15-8-7-14(23)10-17(15)24)9-16(11)18-19(25)12(2)20(26)22(3,4)21(18)27/h5-10,25H,2H2,1,3-4H3. The minimum atomic E-state index is -1.28. The summed E-state index contributed by atoms with van der Waals surface area (Å²) in [5, 5.41) is 11.5. The first kappa shape index (κ1) is 19.4. The molecule has 1 aliphatic rings. The predicted molar refractivity (Wildman–Crippen MR) is 109 cm³/mol. The number of ketones is 2. The highest BCUT2D eigenvalue weighted by Gasteiger charge is 2.46. The monoisotopic (exact) mass is 400 g/mol. The molecule has 0 aliphatic heterocycles. The first-order valence-corrected chi connectivity index (χ1v) is 9.10. The molecule has 0 atom stereocenters. The average molecular weight is 401 g/mol. The zero-order chi connectivity index (χ0) is 20.1. The lowest BCUT2D eigenvalue weighted by molar-refractivity contribution is -0.133. The van der Waals surface area contributed by atoms with Gasteiger partial charge in [-0.05, 0) is 55.7 Å². The molecule has 3 rings (SSSR count). The van der Waals surface area contributed by atoms with Gasteiger partial charge in [-0.3, -0.25) is 9.59 Å². The van der Waals surface area contributed by atoms with Crippen molar-refractivity contribution in [1.29, 1.82) is 0 Å². The van der Waals surface area contributed by atoms with Crippen molar-refractivity contribution in [3.05, 3.63) is 75.5 Å². The van der Waals surface area contributed by atoms with E-state index >= 15 is 0 Å². The largest absolute Gasteiger partial charge is 0.506 e. The zero-order valence-corrected chi connectivity index (χ0v) is 16.7. The summed E-state index contributed by atoms with van der Waals surface area (Å²) in [6, 6.07) is 10.7. The number of allylic oxidation sites excluding steroid dienone is 2. The maximum Gasteiger partial charge on any atom is 0.180 e. The van der Waals surface area contributed by atoms with E-state index in [1.165, 1.54) is 0 Å². The number of Topliss-reactive ketones (excluding diaryl/α,β-unsaturated/α-hetero) is 2. The fourth-order valence-electron chi connectivity index (χ4n) is 3.19. The number of benzene rings is 2. The Morgan fingerprint density at radius 3 is 2.26 bits per heavy atom. The maximum absolute atomic E-state index is 13.0. The van der Waals surface area contributed by atoms with Gasteiger partial charge in [0.1, 0.15) is 5.76 Å². The van der Waals surface area contributed by atoms with Crippen molar-refractivity contribution >= 4 is 40.3 Å². The van der Waals surface area contributed by atoms with Crippen LogP contribution in [-0.4, -0.2) is 16.7 Å². The number of aliphatic hydroxyl groups is 1. The second kappa shape index (κ2) is 6.66. The van der Waals surface area contributed by atoms with Gasteiger partial charge in [0, 0.05) is 15.6 Å². The van der Waals surface area contributed by atoms with Gasteiger partial charge in [0.2, 0.25) is 0 Å². The van der Waals surface area contributed by atoms with E-state index in [1.807, 2.05) is 19.1 Å². The van der Waals surface area contributed by atoms with Crippen LogP contribution in [0.4, 0.5) is 0 Å². The second-order valence-corrected chi connectivity index (χ2v) is 7.98. The lowest BCUT2D eigenvalue weighted by atomic mass is 9.70. The highest BCUT2D eigenvalue weighted by atomic mass is 35.5. The van der Waals surface area contributed by atoms with Gasteiger partial charge in [0.05, 0.1) is 16.6 Å². The lowest BCUT2D eigenvalue weighted by Gasteiger charge is -2.30. The third-order valence-electron chi connectivity index (χ3n) is 4.91. The average Bonchev–Trinajstić information content (AvgIpc) is 2.61. The number of rotatable bonds is 2. The van der Waals surface area contributed by atoms with E-state index in [-0.39, 0.29) is 16.9 Å². The number of carbonyl (C=O) groups excluding carboxylic acids is 2. The van der Waals surface area contributed by atoms with Crippen molar-refractivity contribution < 1.29 is 14.7 Å². The molecule has 138 valence electrons. The Kier molecular flexibility index (Phi) is 4.79. The molecule has 0 radical (unpaired) electrons. The number of aryl methyl sites for hydroxylation is 1. The van der Waals surface area contributed by atoms with Gasteiger partial charge in [0.15, 0.2) is 11.6 Å². The molecule has 0 bridgehead atoms. The molecule has 27 heavy (non-hydrogen) atoms. The molecule has 0 saturated heterocycles. The van der Waals surface area contributed by atoms with Crippen molar-refractivity contribution in [2.24, 2.45) is 5.41 Å². The summed E-state index contributed by atoms with van der Waals surface area (Å²) in [4.78, 5) is 25.4. The van der Waals surface area contributed by atoms with Gasteiger partial charge in [0.25, 0.3) is 0 Å². The fourth-order valence-corrected chi connectivity index (χ4v) is 3.71. The predicted octanol–water partition coefficient (Wildman–Crippen LogP) is 5.97. The van der Waals surface area contributed by atoms with E-state index in [0.29, 0.717) is 15.6 Å². The van der Waals surface area contributed by atoms with Crippen LogP contribution in [0.5, 0.6) is 0 Å². The van der Waals surface area contributed by atoms with Crippen LogP contribution in [0, 0.1) is 12.3 Å². The minimum Gasteiger partial charge on any atom is -0.506 e. The number of aliphatic hydroxyl groups excluding tert-OH is 1. The van der Waals surface area contributed by atoms with Gasteiger partial charge in [-0.2, -0.15) is 0 Å². The van der Waals surface area contributed by atoms with Crippen LogP contribution in [0.3, 0.4) is 0 Å². The van der Waals surface area contributed by atoms with Crippen LogP contribution in [0.2, 0.25) is 10.0 Å². The van der Waals surface area contributed by atoms with Crippen molar-refractivity contribution in [2.45, 2.75) is 20.8 Å². The summed E-state index contributed by atoms with van der Waals surface area (Å²) >= 11 is 12.3. The van der Waals surface area contributed by atoms with E-state index in [1.54, 1.807) is 38.1 Å². The molecule has 2 aromatic carbocycles. The van der Waals surface area contributed by atoms with Crippen LogP contribution in [0.15, 0.2) is 54.3 Å². The smallest absolute Gasteiger partial charge is 0.180 e. The van der Waals surface area contributed by atoms with E-state index in [2.05, 4.69) is 6.58 Å². The molecule has 3 nitrogen and oxygen atoms in total. The zero-order valence-electron chi connectivity index (χ0n) is 15.2. The second-order valence-electron chi connectivity index (χ2n) is 7.14. The van der Waals surface area contributed by atoms with Crippen LogP contribution in [-0.2, 0) is 9.59 Å². The summed E-state index contributed by atoms with van der Waals surface area (Å²) in [6.07, 6.45) is 0. The van der Waals surface area contributed by atoms with Gasteiger partial charge in [-0.25, -0.2) is 0 Å². The molecule has 1 aliphatic carbocycles. The third-order valence-corrected chi connectivity index (χ3v) is 5.46. The Morgan fingerprint density at radius 1 is 0.963 bits per heavy atom. The van der Waals surface area contributed by atoms with Gasteiger partial charge in [-0.1, -0.05) is 48.0 Å². The topological polar surface area (TPSA) is 54.4 Å². The molecule has 0 spiro atoms. The molecule has 0 saturated carbocycles. The lowest BCUT2D eigenvalue weighted by Crippen LogP contribution is -2.39. The van der Waals surface area contributed by atoms with Crippen LogP contribution < -0.4 is 0 Å². The highest BCUT2D eigenvalue weighted by Crippen LogP contribution is 2.41. The first-order valence-electron chi connectivity index (χ1n) is 8.34. The Bertz CT molecular complexity index is 1050. The number of hydrogen-bond acceptors (Lipinski definition) is 3. The Balaban J connectivity index is 2.24. The molecule has 0 heterocycles. The van der Waals surface area contributed by atoms with Crippen molar-refractivity contribution in [1.82, 2.24) is 0 Å². The minimum absolute atomic E-state index is 0.0519. The summed E-state index contributed by atoms with van der Waals surface area (Å²) in [7, 11) is 0. The SMILES string of the molecule is C=C1C(=O)C(C)(C)C(=O)C(c2cc(-c3ccc(Cl)cc3Cl)ccc2C)=C1O. The van der Waals surface area contributed by atoms with Crippen molar-refractivity contribution in [3.63, 3.8) is 0 Å². The van der Waals surface area contributed by atoms with Gasteiger partial charge < -0.3 is 5.11 Å². The van der Waals surface area contributed by atoms with E-state index in [9.17, 15) is 14.7 Å². The molecule has 5 heteroatoms. The number of halogens is 2. The summed E-state index contributed by atoms with van der Waals surface area (Å²) in [6.45, 7) is 8.60. The van der Waals surface area contributed by atoms with Crippen LogP contribution >= 0.6 is 23.2 Å². The normalized spacial score (nSPS) is 16.9. The number of carbonyl (C=O) groups is 2. The summed E-state index contributed by atoms with van der Waals surface area (Å²) in [5.74, 6) is -1.27. The molecule has 0 fully saturated rings. The molecule has 0 amide bonds. The maximum atomic E-state index is 13.0. The molecular weight excluding hydrogens is 383 g/mol. The molecule has 1 N–H and O–H groups in total. The Labute approximate surface area is 167 Å². The molecular formula is C22H18Cl2O3. The molecule has 0 unspecified atom stereocenters. The molecule has 0 aromatic heterocycles. The van der Waals surface area contributed by atoms with E-state index in [4.69, 9.17) is 23.2 Å². The Hall–Kier alpha value is -2.36. The summed E-state index contributed by atoms with van der Waals surface area (Å²) < 4.78 is 0. The fraction of sp³-hybridized carbons (Fsp3) is 0.182. The van der Waals surface area contributed by atoms with Crippen LogP contribution in [0.25, 0.3) is 16.7 Å². The number of hydrogen-bond donors (Lipinski definition) is 1. The van der Waals surface area contributed by atoms with Crippen LogP contribution in [0.1, 0.15) is 25.0 Å². The third kappa shape index (κ3) is 3.11. The van der Waals surface area contributed by atoms with Crippen molar-refractivity contribution in [2.75, 3.05) is 0 Å². The van der Waals surface area contributed by atoms with Crippen molar-refractivity contribution in [3.8, 4) is 11.1 Å². The first-order chi connectivity index (χ1) is 12.6. The van der Waals surface area contributed by atoms with E-state index < -0.39 is 17.0 Å². The van der Waals surface area contributed by atoms with E-state index in [0.717, 1.165) is 16.7 Å². The van der Waals surface area contributed by atoms with Gasteiger partial charge >= 0.3 is 0 Å². The highest BCUT2D eigenvalue weighted by molar-refractivity contribution is 6.37. The van der Waals surface area contributed by atoms with Gasteiger partial charge in [-0.15, -0.1) is 0 Å². The summed E-state index contributed by atoms with van der Waals surface area (Å²) in [5.41, 5.74) is 1.63. The quantitative estimate of drug-likeness (QED) is 0.498.